The van der Waals surface area contributed by atoms with Crippen LogP contribution in [0.5, 0.6) is 6.01 Å². The topological polar surface area (TPSA) is 35.0 Å². The van der Waals surface area contributed by atoms with Gasteiger partial charge < -0.3 is 4.74 Å². The highest BCUT2D eigenvalue weighted by Crippen LogP contribution is 2.06. The summed E-state index contributed by atoms with van der Waals surface area (Å²) in [7, 11) is 1.59. The van der Waals surface area contributed by atoms with Crippen molar-refractivity contribution in [3.63, 3.8) is 0 Å². The Kier molecular flexibility index (Phi) is 4.23. The van der Waals surface area contributed by atoms with E-state index in [1.807, 2.05) is 6.07 Å². The first-order valence-corrected chi connectivity index (χ1v) is 4.72. The number of ether oxygens (including phenoxy) is 1. The standard InChI is InChI=1S/C10H16N2O/c1-3-4-5-6-9-7-8-11-10(12-9)13-2/h7-8H,3-6H2,1-2H3. The van der Waals surface area contributed by atoms with Gasteiger partial charge in [-0.15, -0.1) is 0 Å². The van der Waals surface area contributed by atoms with Crippen LogP contribution in [0.15, 0.2) is 12.3 Å². The summed E-state index contributed by atoms with van der Waals surface area (Å²) in [5, 5.41) is 0. The highest BCUT2D eigenvalue weighted by molar-refractivity contribution is 5.05. The van der Waals surface area contributed by atoms with Crippen LogP contribution >= 0.6 is 0 Å². The van der Waals surface area contributed by atoms with E-state index in [0.29, 0.717) is 6.01 Å². The molecule has 0 fully saturated rings. The van der Waals surface area contributed by atoms with E-state index in [-0.39, 0.29) is 0 Å². The van der Waals surface area contributed by atoms with E-state index in [1.165, 1.54) is 19.3 Å². The van der Waals surface area contributed by atoms with Gasteiger partial charge >= 0.3 is 6.01 Å². The molecule has 0 atom stereocenters. The van der Waals surface area contributed by atoms with Crippen LogP contribution < -0.4 is 4.74 Å². The lowest BCUT2D eigenvalue weighted by atomic mass is 10.1. The van der Waals surface area contributed by atoms with Gasteiger partial charge in [-0.1, -0.05) is 19.8 Å². The van der Waals surface area contributed by atoms with Crippen molar-refractivity contribution in [2.45, 2.75) is 32.6 Å². The fourth-order valence-corrected chi connectivity index (χ4v) is 1.17. The minimum Gasteiger partial charge on any atom is -0.467 e. The summed E-state index contributed by atoms with van der Waals surface area (Å²) in [6, 6.07) is 2.41. The van der Waals surface area contributed by atoms with E-state index in [2.05, 4.69) is 16.9 Å². The van der Waals surface area contributed by atoms with Crippen LogP contribution in [0.2, 0.25) is 0 Å². The SMILES string of the molecule is CCCCCc1ccnc(OC)n1. The van der Waals surface area contributed by atoms with Crippen LogP contribution in [-0.4, -0.2) is 17.1 Å². The largest absolute Gasteiger partial charge is 0.467 e. The van der Waals surface area contributed by atoms with Crippen molar-refractivity contribution in [1.29, 1.82) is 0 Å². The van der Waals surface area contributed by atoms with Gasteiger partial charge in [0.15, 0.2) is 0 Å². The van der Waals surface area contributed by atoms with Crippen molar-refractivity contribution in [3.8, 4) is 6.01 Å². The second-order valence-electron chi connectivity index (χ2n) is 2.99. The Morgan fingerprint density at radius 2 is 2.23 bits per heavy atom. The molecule has 0 unspecified atom stereocenters. The van der Waals surface area contributed by atoms with Crippen LogP contribution in [0, 0.1) is 0 Å². The van der Waals surface area contributed by atoms with E-state index >= 15 is 0 Å². The lowest BCUT2D eigenvalue weighted by Crippen LogP contribution is -1.96. The molecule has 1 rings (SSSR count). The lowest BCUT2D eigenvalue weighted by molar-refractivity contribution is 0.377. The molecule has 0 saturated carbocycles. The van der Waals surface area contributed by atoms with E-state index in [9.17, 15) is 0 Å². The number of methoxy groups -OCH3 is 1. The highest BCUT2D eigenvalue weighted by Gasteiger charge is 1.97. The molecule has 1 heterocycles. The van der Waals surface area contributed by atoms with Crippen molar-refractivity contribution in [2.75, 3.05) is 7.11 Å². The van der Waals surface area contributed by atoms with Crippen LogP contribution in [0.25, 0.3) is 0 Å². The van der Waals surface area contributed by atoms with E-state index in [4.69, 9.17) is 4.74 Å². The van der Waals surface area contributed by atoms with Gasteiger partial charge in [0.25, 0.3) is 0 Å². The van der Waals surface area contributed by atoms with Gasteiger partial charge in [0.1, 0.15) is 0 Å². The summed E-state index contributed by atoms with van der Waals surface area (Å²) in [5.74, 6) is 0. The van der Waals surface area contributed by atoms with Gasteiger partial charge in [-0.2, -0.15) is 0 Å². The zero-order chi connectivity index (χ0) is 9.52. The van der Waals surface area contributed by atoms with E-state index in [1.54, 1.807) is 13.3 Å². The van der Waals surface area contributed by atoms with Gasteiger partial charge in [-0.3, -0.25) is 0 Å². The predicted molar refractivity (Wildman–Crippen MR) is 51.8 cm³/mol. The predicted octanol–water partition coefficient (Wildman–Crippen LogP) is 2.22. The number of aryl methyl sites for hydroxylation is 1. The van der Waals surface area contributed by atoms with E-state index in [0.717, 1.165) is 12.1 Å². The molecule has 1 aromatic rings. The zero-order valence-electron chi connectivity index (χ0n) is 8.29. The summed E-state index contributed by atoms with van der Waals surface area (Å²) in [6.45, 7) is 2.20. The van der Waals surface area contributed by atoms with Crippen LogP contribution in [0.1, 0.15) is 31.9 Å². The van der Waals surface area contributed by atoms with Gasteiger partial charge in [0.05, 0.1) is 7.11 Å². The third-order valence-corrected chi connectivity index (χ3v) is 1.91. The average molecular weight is 180 g/mol. The van der Waals surface area contributed by atoms with Gasteiger partial charge in [0.2, 0.25) is 0 Å². The average Bonchev–Trinajstić information content (AvgIpc) is 2.19. The Bertz CT molecular complexity index is 250. The molecule has 0 aliphatic heterocycles. The Hall–Kier alpha value is -1.12. The molecule has 13 heavy (non-hydrogen) atoms. The lowest BCUT2D eigenvalue weighted by Gasteiger charge is -2.01. The molecule has 3 nitrogen and oxygen atoms in total. The van der Waals surface area contributed by atoms with Gasteiger partial charge in [-0.05, 0) is 18.9 Å². The first-order chi connectivity index (χ1) is 6.36. The number of hydrogen-bond acceptors (Lipinski definition) is 3. The zero-order valence-corrected chi connectivity index (χ0v) is 8.29. The van der Waals surface area contributed by atoms with Crippen molar-refractivity contribution in [3.05, 3.63) is 18.0 Å². The Labute approximate surface area is 79.2 Å². The fourth-order valence-electron chi connectivity index (χ4n) is 1.17. The number of nitrogens with zero attached hydrogens (tertiary/aromatic N) is 2. The molecule has 1 aromatic heterocycles. The first-order valence-electron chi connectivity index (χ1n) is 4.72. The second kappa shape index (κ2) is 5.51. The maximum absolute atomic E-state index is 4.94. The molecule has 3 heteroatoms. The maximum Gasteiger partial charge on any atom is 0.316 e. The molecule has 0 amide bonds. The smallest absolute Gasteiger partial charge is 0.316 e. The third-order valence-electron chi connectivity index (χ3n) is 1.91. The number of rotatable bonds is 5. The monoisotopic (exact) mass is 180 g/mol. The summed E-state index contributed by atoms with van der Waals surface area (Å²) < 4.78 is 4.94. The number of hydrogen-bond donors (Lipinski definition) is 0. The van der Waals surface area contributed by atoms with Crippen LogP contribution in [0.4, 0.5) is 0 Å². The minimum absolute atomic E-state index is 0.467. The summed E-state index contributed by atoms with van der Waals surface area (Å²) in [5.41, 5.74) is 1.07. The Morgan fingerprint density at radius 1 is 1.38 bits per heavy atom. The van der Waals surface area contributed by atoms with E-state index < -0.39 is 0 Å². The van der Waals surface area contributed by atoms with Crippen LogP contribution in [-0.2, 0) is 6.42 Å². The summed E-state index contributed by atoms with van der Waals surface area (Å²) in [6.07, 6.45) is 6.45. The van der Waals surface area contributed by atoms with Crippen molar-refractivity contribution in [2.24, 2.45) is 0 Å². The molecule has 72 valence electrons. The maximum atomic E-state index is 4.94. The molecule has 0 aromatic carbocycles. The molecule has 0 bridgehead atoms. The molecule has 0 aliphatic carbocycles. The minimum atomic E-state index is 0.467. The quantitative estimate of drug-likeness (QED) is 0.652. The van der Waals surface area contributed by atoms with Crippen molar-refractivity contribution < 1.29 is 4.74 Å². The highest BCUT2D eigenvalue weighted by atomic mass is 16.5. The normalized spacial score (nSPS) is 10.0. The second-order valence-corrected chi connectivity index (χ2v) is 2.99. The molecule has 0 aliphatic rings. The fraction of sp³-hybridized carbons (Fsp3) is 0.600. The van der Waals surface area contributed by atoms with Gasteiger partial charge in [0, 0.05) is 11.9 Å². The Balaban J connectivity index is 2.46. The molecule has 0 radical (unpaired) electrons. The Morgan fingerprint density at radius 3 is 2.92 bits per heavy atom. The van der Waals surface area contributed by atoms with Crippen molar-refractivity contribution >= 4 is 0 Å². The first kappa shape index (κ1) is 9.96. The molecule has 0 N–H and O–H groups in total. The third kappa shape index (κ3) is 3.40. The molecule has 0 saturated heterocycles. The van der Waals surface area contributed by atoms with Gasteiger partial charge in [-0.25, -0.2) is 9.97 Å². The summed E-state index contributed by atoms with van der Waals surface area (Å²) >= 11 is 0. The molecule has 0 spiro atoms. The number of aromatic nitrogens is 2. The molecular weight excluding hydrogens is 164 g/mol. The summed E-state index contributed by atoms with van der Waals surface area (Å²) in [4.78, 5) is 8.18. The van der Waals surface area contributed by atoms with Crippen molar-refractivity contribution in [1.82, 2.24) is 9.97 Å². The van der Waals surface area contributed by atoms with Crippen LogP contribution in [0.3, 0.4) is 0 Å². The molecular formula is C10H16N2O. The number of unbranched alkanes of at least 4 members (excludes halogenated alkanes) is 2.